The van der Waals surface area contributed by atoms with Crippen LogP contribution in [-0.4, -0.2) is 5.11 Å². The number of anilines is 1. The maximum Gasteiger partial charge on any atom is 0.126 e. The summed E-state index contributed by atoms with van der Waals surface area (Å²) in [6.45, 7) is 0.0533. The first kappa shape index (κ1) is 12.2. The third-order valence-corrected chi connectivity index (χ3v) is 3.69. The summed E-state index contributed by atoms with van der Waals surface area (Å²) in [7, 11) is 0. The lowest BCUT2D eigenvalue weighted by molar-refractivity contribution is 0.282. The van der Waals surface area contributed by atoms with Gasteiger partial charge in [-0.05, 0) is 47.7 Å². The van der Waals surface area contributed by atoms with Crippen molar-refractivity contribution < 1.29 is 9.50 Å². The predicted molar refractivity (Wildman–Crippen MR) is 73.4 cm³/mol. The molecule has 0 saturated carbocycles. The number of aliphatic hydroxyl groups is 1. The van der Waals surface area contributed by atoms with Crippen LogP contribution in [0.15, 0.2) is 42.5 Å². The van der Waals surface area contributed by atoms with Gasteiger partial charge in [-0.15, -0.1) is 0 Å². The molecule has 0 aromatic heterocycles. The van der Waals surface area contributed by atoms with Crippen LogP contribution in [0.3, 0.4) is 0 Å². The molecule has 0 spiro atoms. The fourth-order valence-corrected chi connectivity index (χ4v) is 2.67. The fourth-order valence-electron chi connectivity index (χ4n) is 2.67. The van der Waals surface area contributed by atoms with E-state index in [0.29, 0.717) is 0 Å². The van der Waals surface area contributed by atoms with Crippen molar-refractivity contribution in [2.45, 2.75) is 25.5 Å². The van der Waals surface area contributed by atoms with E-state index in [-0.39, 0.29) is 18.5 Å². The van der Waals surface area contributed by atoms with Gasteiger partial charge in [0.05, 0.1) is 12.6 Å². The van der Waals surface area contributed by atoms with Crippen LogP contribution in [0.5, 0.6) is 0 Å². The molecule has 98 valence electrons. The number of aliphatic hydroxyl groups excluding tert-OH is 1. The van der Waals surface area contributed by atoms with Gasteiger partial charge in [0.2, 0.25) is 0 Å². The molecule has 0 heterocycles. The van der Waals surface area contributed by atoms with Crippen molar-refractivity contribution in [2.75, 3.05) is 5.32 Å². The Morgan fingerprint density at radius 2 is 1.95 bits per heavy atom. The summed E-state index contributed by atoms with van der Waals surface area (Å²) >= 11 is 0. The summed E-state index contributed by atoms with van der Waals surface area (Å²) in [5.74, 6) is -0.0996. The second kappa shape index (κ2) is 5.02. The Bertz CT molecular complexity index is 580. The van der Waals surface area contributed by atoms with Gasteiger partial charge in [0.15, 0.2) is 0 Å². The smallest absolute Gasteiger partial charge is 0.126 e. The maximum atomic E-state index is 13.6. The Balaban J connectivity index is 1.80. The highest BCUT2D eigenvalue weighted by Crippen LogP contribution is 2.35. The second-order valence-corrected chi connectivity index (χ2v) is 4.90. The summed E-state index contributed by atoms with van der Waals surface area (Å²) in [4.78, 5) is 0. The lowest BCUT2D eigenvalue weighted by Crippen LogP contribution is -2.07. The number of rotatable bonds is 3. The van der Waals surface area contributed by atoms with Gasteiger partial charge in [0.1, 0.15) is 5.82 Å². The lowest BCUT2D eigenvalue weighted by Gasteiger charge is -2.15. The van der Waals surface area contributed by atoms with Crippen molar-refractivity contribution in [1.29, 1.82) is 0 Å². The molecule has 3 heteroatoms. The molecule has 2 aromatic rings. The summed E-state index contributed by atoms with van der Waals surface area (Å²) in [5.41, 5.74) is 3.79. The van der Waals surface area contributed by atoms with Gasteiger partial charge >= 0.3 is 0 Å². The third kappa shape index (κ3) is 2.34. The van der Waals surface area contributed by atoms with Crippen LogP contribution in [-0.2, 0) is 13.0 Å². The normalized spacial score (nSPS) is 17.3. The van der Waals surface area contributed by atoms with E-state index in [1.54, 1.807) is 6.07 Å². The monoisotopic (exact) mass is 257 g/mol. The Morgan fingerprint density at radius 3 is 2.68 bits per heavy atom. The molecular weight excluding hydrogens is 241 g/mol. The van der Waals surface area contributed by atoms with Gasteiger partial charge in [-0.1, -0.05) is 24.3 Å². The first-order valence-electron chi connectivity index (χ1n) is 6.51. The Morgan fingerprint density at radius 1 is 1.16 bits per heavy atom. The van der Waals surface area contributed by atoms with Crippen molar-refractivity contribution >= 4 is 5.69 Å². The standard InChI is InChI=1S/C16H16FNO/c17-15-3-1-2-14-13(15)8-9-16(14)18-12-6-4-11(10-19)5-7-12/h1-7,16,18-19H,8-10H2. The van der Waals surface area contributed by atoms with Gasteiger partial charge in [-0.3, -0.25) is 0 Å². The minimum atomic E-state index is -0.0996. The molecule has 1 aliphatic carbocycles. The number of hydrogen-bond acceptors (Lipinski definition) is 2. The molecule has 1 unspecified atom stereocenters. The third-order valence-electron chi connectivity index (χ3n) is 3.69. The van der Waals surface area contributed by atoms with E-state index in [1.165, 1.54) is 6.07 Å². The summed E-state index contributed by atoms with van der Waals surface area (Å²) < 4.78 is 13.6. The van der Waals surface area contributed by atoms with Gasteiger partial charge in [0, 0.05) is 5.69 Å². The SMILES string of the molecule is OCc1ccc(NC2CCc3c(F)cccc32)cc1. The zero-order chi connectivity index (χ0) is 13.2. The Hall–Kier alpha value is -1.87. The average molecular weight is 257 g/mol. The summed E-state index contributed by atoms with van der Waals surface area (Å²) in [5, 5.41) is 12.4. The van der Waals surface area contributed by atoms with Crippen molar-refractivity contribution in [3.8, 4) is 0 Å². The largest absolute Gasteiger partial charge is 0.392 e. The minimum Gasteiger partial charge on any atom is -0.392 e. The van der Waals surface area contributed by atoms with E-state index >= 15 is 0 Å². The van der Waals surface area contributed by atoms with Crippen LogP contribution < -0.4 is 5.32 Å². The molecule has 3 rings (SSSR count). The van der Waals surface area contributed by atoms with E-state index < -0.39 is 0 Å². The van der Waals surface area contributed by atoms with Crippen LogP contribution >= 0.6 is 0 Å². The second-order valence-electron chi connectivity index (χ2n) is 4.90. The van der Waals surface area contributed by atoms with E-state index in [2.05, 4.69) is 5.32 Å². The van der Waals surface area contributed by atoms with Gasteiger partial charge < -0.3 is 10.4 Å². The van der Waals surface area contributed by atoms with Crippen LogP contribution in [0.2, 0.25) is 0 Å². The molecule has 0 bridgehead atoms. The minimum absolute atomic E-state index is 0.0533. The number of fused-ring (bicyclic) bond motifs is 1. The zero-order valence-electron chi connectivity index (χ0n) is 10.6. The molecule has 1 atom stereocenters. The molecule has 0 fully saturated rings. The molecule has 0 saturated heterocycles. The van der Waals surface area contributed by atoms with Crippen LogP contribution in [0.25, 0.3) is 0 Å². The quantitative estimate of drug-likeness (QED) is 0.883. The highest BCUT2D eigenvalue weighted by Gasteiger charge is 2.24. The number of nitrogens with one attached hydrogen (secondary N) is 1. The maximum absolute atomic E-state index is 13.6. The van der Waals surface area contributed by atoms with E-state index in [4.69, 9.17) is 5.11 Å². The number of benzene rings is 2. The molecule has 1 aliphatic rings. The van der Waals surface area contributed by atoms with Crippen LogP contribution in [0.1, 0.15) is 29.2 Å². The molecule has 2 N–H and O–H groups in total. The van der Waals surface area contributed by atoms with E-state index in [0.717, 1.165) is 35.2 Å². The highest BCUT2D eigenvalue weighted by molar-refractivity contribution is 5.49. The molecular formula is C16H16FNO. The lowest BCUT2D eigenvalue weighted by atomic mass is 10.1. The van der Waals surface area contributed by atoms with Crippen LogP contribution in [0.4, 0.5) is 10.1 Å². The Kier molecular flexibility index (Phi) is 3.22. The van der Waals surface area contributed by atoms with Gasteiger partial charge in [0.25, 0.3) is 0 Å². The number of halogens is 1. The van der Waals surface area contributed by atoms with Gasteiger partial charge in [-0.25, -0.2) is 4.39 Å². The van der Waals surface area contributed by atoms with E-state index in [1.807, 2.05) is 30.3 Å². The molecule has 19 heavy (non-hydrogen) atoms. The predicted octanol–water partition coefficient (Wildman–Crippen LogP) is 3.42. The molecule has 0 radical (unpaired) electrons. The highest BCUT2D eigenvalue weighted by atomic mass is 19.1. The van der Waals surface area contributed by atoms with Crippen molar-refractivity contribution in [1.82, 2.24) is 0 Å². The fraction of sp³-hybridized carbons (Fsp3) is 0.250. The first-order chi connectivity index (χ1) is 9.28. The topological polar surface area (TPSA) is 32.3 Å². The van der Waals surface area contributed by atoms with Crippen molar-refractivity contribution in [3.63, 3.8) is 0 Å². The average Bonchev–Trinajstić information content (AvgIpc) is 2.84. The molecule has 0 amide bonds. The van der Waals surface area contributed by atoms with Gasteiger partial charge in [-0.2, -0.15) is 0 Å². The van der Waals surface area contributed by atoms with Crippen molar-refractivity contribution in [2.24, 2.45) is 0 Å². The first-order valence-corrected chi connectivity index (χ1v) is 6.51. The van der Waals surface area contributed by atoms with Crippen molar-refractivity contribution in [3.05, 3.63) is 65.0 Å². The van der Waals surface area contributed by atoms with Crippen LogP contribution in [0, 0.1) is 5.82 Å². The number of hydrogen-bond donors (Lipinski definition) is 2. The molecule has 2 nitrogen and oxygen atoms in total. The zero-order valence-corrected chi connectivity index (χ0v) is 10.6. The summed E-state index contributed by atoms with van der Waals surface area (Å²) in [6.07, 6.45) is 1.70. The Labute approximate surface area is 111 Å². The molecule has 0 aliphatic heterocycles. The van der Waals surface area contributed by atoms with E-state index in [9.17, 15) is 4.39 Å². The molecule has 2 aromatic carbocycles. The summed E-state index contributed by atoms with van der Waals surface area (Å²) in [6, 6.07) is 13.1.